The van der Waals surface area contributed by atoms with Crippen molar-refractivity contribution in [2.75, 3.05) is 39.3 Å². The Balaban J connectivity index is 6.82. The van der Waals surface area contributed by atoms with Gasteiger partial charge >= 0.3 is 5.97 Å². The number of carboxylic acid groups (broad SMARTS) is 1. The van der Waals surface area contributed by atoms with E-state index in [1.807, 2.05) is 0 Å². The summed E-state index contributed by atoms with van der Waals surface area (Å²) < 4.78 is 0. The molecule has 30 nitrogen and oxygen atoms in total. The van der Waals surface area contributed by atoms with E-state index >= 15 is 0 Å². The van der Waals surface area contributed by atoms with Crippen LogP contribution in [0.3, 0.4) is 0 Å². The molecule has 30 heteroatoms. The first kappa shape index (κ1) is 63.2. The SMILES string of the molecule is C[C@@H](O)[C@H](NC(=O)[C@H](CCCN=C(N)N)NC(=O)[C@H](CCCCN)NC(=O)[C@H](CCCCN)NC(=O)[C@H](CCCN=C(N)N)NC(=O)[C@H](CCCN=C(N)N)NC(=O)[C@@H](N)CCCN=C(N)N)C(=O)O. The van der Waals surface area contributed by atoms with Gasteiger partial charge in [0.25, 0.3) is 0 Å². The van der Waals surface area contributed by atoms with E-state index in [1.165, 1.54) is 0 Å². The third-order valence-corrected chi connectivity index (χ3v) is 10.2. The standard InChI is InChI=1S/C40H81N21O9/c1-22(62)29(36(69)70)61-35(68)28(15-9-21-55-40(50)51)60-32(65)25(12-3-5-17-42)57-31(64)24(11-2-4-16-41)58-34(67)27(14-8-20-54-39(48)49)59-33(66)26(13-7-19-53-38(46)47)56-30(63)23(43)10-6-18-52-37(44)45/h22-29,62H,2-21,41-43H2,1H3,(H,56,63)(H,57,64)(H,58,67)(H,59,66)(H,60,65)(H,61,68)(H,69,70)(H4,44,45,52)(H4,46,47,53)(H4,48,49,54)(H4,50,51,55)/t22-,23+,24+,25+,26+,27+,28+,29+/m1/s1. The largest absolute Gasteiger partial charge is 0.480 e. The minimum Gasteiger partial charge on any atom is -0.480 e. The number of aliphatic carboxylic acids is 1. The fraction of sp³-hybridized carbons (Fsp3) is 0.725. The number of nitrogens with two attached hydrogens (primary N) is 11. The molecule has 30 N–H and O–H groups in total. The van der Waals surface area contributed by atoms with E-state index in [9.17, 15) is 43.8 Å². The van der Waals surface area contributed by atoms with Gasteiger partial charge in [-0.1, -0.05) is 0 Å². The van der Waals surface area contributed by atoms with Gasteiger partial charge in [0.1, 0.15) is 30.2 Å². The normalized spacial score (nSPS) is 14.2. The molecule has 0 rings (SSSR count). The van der Waals surface area contributed by atoms with E-state index in [0.717, 1.165) is 6.92 Å². The van der Waals surface area contributed by atoms with E-state index in [0.29, 0.717) is 32.1 Å². The molecule has 6 amide bonds. The molecule has 0 aromatic rings. The number of amides is 6. The maximum Gasteiger partial charge on any atom is 0.328 e. The van der Waals surface area contributed by atoms with Crippen LogP contribution in [0.5, 0.6) is 0 Å². The Hall–Kier alpha value is -6.79. The Morgan fingerprint density at radius 1 is 0.414 bits per heavy atom. The first-order valence-electron chi connectivity index (χ1n) is 23.1. The number of guanidine groups is 4. The molecule has 70 heavy (non-hydrogen) atoms. The predicted molar refractivity (Wildman–Crippen MR) is 264 cm³/mol. The number of nitrogens with one attached hydrogen (secondary N) is 6. The highest BCUT2D eigenvalue weighted by Gasteiger charge is 2.34. The van der Waals surface area contributed by atoms with Gasteiger partial charge in [0.15, 0.2) is 29.9 Å². The van der Waals surface area contributed by atoms with Gasteiger partial charge in [-0.2, -0.15) is 0 Å². The highest BCUT2D eigenvalue weighted by atomic mass is 16.4. The summed E-state index contributed by atoms with van der Waals surface area (Å²) in [7, 11) is 0. The van der Waals surface area contributed by atoms with Crippen LogP contribution in [0.2, 0.25) is 0 Å². The van der Waals surface area contributed by atoms with Crippen molar-refractivity contribution in [1.29, 1.82) is 0 Å². The van der Waals surface area contributed by atoms with Crippen LogP contribution in [0, 0.1) is 0 Å². The first-order valence-corrected chi connectivity index (χ1v) is 23.1. The van der Waals surface area contributed by atoms with Crippen molar-refractivity contribution >= 4 is 65.3 Å². The van der Waals surface area contributed by atoms with Crippen molar-refractivity contribution in [1.82, 2.24) is 31.9 Å². The molecule has 0 spiro atoms. The van der Waals surface area contributed by atoms with Crippen molar-refractivity contribution in [3.05, 3.63) is 0 Å². The molecular formula is C40H81N21O9. The van der Waals surface area contributed by atoms with Gasteiger partial charge in [-0.15, -0.1) is 0 Å². The van der Waals surface area contributed by atoms with Gasteiger partial charge in [0.2, 0.25) is 35.4 Å². The predicted octanol–water partition coefficient (Wildman–Crippen LogP) is -7.84. The summed E-state index contributed by atoms with van der Waals surface area (Å²) in [5, 5.41) is 35.0. The summed E-state index contributed by atoms with van der Waals surface area (Å²) in [6.07, 6.45) is 0.991. The van der Waals surface area contributed by atoms with E-state index in [2.05, 4.69) is 51.9 Å². The fourth-order valence-electron chi connectivity index (χ4n) is 6.50. The number of hydrogen-bond acceptors (Lipinski definition) is 15. The molecule has 0 saturated carbocycles. The molecule has 8 atom stereocenters. The second kappa shape index (κ2) is 36.2. The summed E-state index contributed by atoms with van der Waals surface area (Å²) in [5.74, 6) is -7.16. The van der Waals surface area contributed by atoms with Crippen LogP contribution in [0.1, 0.15) is 96.8 Å². The molecule has 0 unspecified atom stereocenters. The Bertz CT molecular complexity index is 1750. The van der Waals surface area contributed by atoms with Crippen molar-refractivity contribution in [3.63, 3.8) is 0 Å². The van der Waals surface area contributed by atoms with Crippen molar-refractivity contribution in [3.8, 4) is 0 Å². The third-order valence-electron chi connectivity index (χ3n) is 10.2. The monoisotopic (exact) mass is 1000 g/mol. The molecule has 0 heterocycles. The summed E-state index contributed by atoms with van der Waals surface area (Å²) in [6, 6.07) is -9.37. The lowest BCUT2D eigenvalue weighted by Gasteiger charge is -2.28. The van der Waals surface area contributed by atoms with Gasteiger partial charge in [-0.05, 0) is 110 Å². The molecule has 0 aliphatic heterocycles. The van der Waals surface area contributed by atoms with Crippen molar-refractivity contribution < 1.29 is 43.8 Å². The van der Waals surface area contributed by atoms with E-state index in [4.69, 9.17) is 63.1 Å². The van der Waals surface area contributed by atoms with Crippen LogP contribution in [-0.2, 0) is 33.6 Å². The van der Waals surface area contributed by atoms with Crippen LogP contribution in [0.15, 0.2) is 20.0 Å². The molecule has 0 aromatic heterocycles. The maximum absolute atomic E-state index is 14.2. The highest BCUT2D eigenvalue weighted by Crippen LogP contribution is 2.11. The topological polar surface area (TPSA) is 568 Å². The van der Waals surface area contributed by atoms with Gasteiger partial charge in [0, 0.05) is 26.2 Å². The van der Waals surface area contributed by atoms with Crippen LogP contribution in [0.25, 0.3) is 0 Å². The average molecular weight is 1000 g/mol. The number of hydrogen-bond donors (Lipinski definition) is 19. The minimum atomic E-state index is -1.72. The minimum absolute atomic E-state index is 0.00856. The molecule has 0 fully saturated rings. The zero-order valence-corrected chi connectivity index (χ0v) is 40.2. The van der Waals surface area contributed by atoms with Gasteiger partial charge in [-0.25, -0.2) is 4.79 Å². The zero-order valence-electron chi connectivity index (χ0n) is 40.2. The highest BCUT2D eigenvalue weighted by molar-refractivity contribution is 5.97. The third kappa shape index (κ3) is 29.2. The van der Waals surface area contributed by atoms with Crippen LogP contribution in [0.4, 0.5) is 0 Å². The zero-order chi connectivity index (χ0) is 53.2. The molecular weight excluding hydrogens is 919 g/mol. The second-order valence-electron chi connectivity index (χ2n) is 16.3. The molecule has 0 aromatic carbocycles. The Morgan fingerprint density at radius 2 is 0.671 bits per heavy atom. The van der Waals surface area contributed by atoms with Gasteiger partial charge < -0.3 is 105 Å². The quantitative estimate of drug-likeness (QED) is 0.0155. The Kier molecular flexibility index (Phi) is 32.7. The second-order valence-corrected chi connectivity index (χ2v) is 16.3. The number of rotatable bonds is 38. The molecule has 0 saturated heterocycles. The number of nitrogens with zero attached hydrogens (tertiary/aromatic N) is 4. The number of carboxylic acids is 1. The van der Waals surface area contributed by atoms with Gasteiger partial charge in [0.05, 0.1) is 12.1 Å². The number of unbranched alkanes of at least 4 members (excludes halogenated alkanes) is 2. The molecule has 0 aliphatic carbocycles. The number of aliphatic imine (C=N–C) groups is 4. The molecule has 0 bridgehead atoms. The first-order chi connectivity index (χ1) is 33.0. The summed E-state index contributed by atoms with van der Waals surface area (Å²) >= 11 is 0. The van der Waals surface area contributed by atoms with Crippen molar-refractivity contribution in [2.45, 2.75) is 145 Å². The number of carbonyl (C=O) groups excluding carboxylic acids is 6. The smallest absolute Gasteiger partial charge is 0.328 e. The lowest BCUT2D eigenvalue weighted by Crippen LogP contribution is -2.60. The van der Waals surface area contributed by atoms with Crippen LogP contribution < -0.4 is 95.0 Å². The molecule has 0 aliphatic rings. The van der Waals surface area contributed by atoms with E-state index in [1.54, 1.807) is 0 Å². The van der Waals surface area contributed by atoms with Gasteiger partial charge in [-0.3, -0.25) is 48.7 Å². The lowest BCUT2D eigenvalue weighted by atomic mass is 10.0. The Labute approximate surface area is 407 Å². The van der Waals surface area contributed by atoms with Crippen LogP contribution in [-0.4, -0.2) is 163 Å². The summed E-state index contributed by atoms with van der Waals surface area (Å²) in [6.45, 7) is 2.06. The molecule has 400 valence electrons. The van der Waals surface area contributed by atoms with Crippen molar-refractivity contribution in [2.24, 2.45) is 83.0 Å². The summed E-state index contributed by atoms with van der Waals surface area (Å²) in [4.78, 5) is 110. The number of aliphatic hydroxyl groups excluding tert-OH is 1. The fourth-order valence-corrected chi connectivity index (χ4v) is 6.50. The lowest BCUT2D eigenvalue weighted by molar-refractivity contribution is -0.145. The molecule has 0 radical (unpaired) electrons. The van der Waals surface area contributed by atoms with E-state index in [-0.39, 0.29) is 121 Å². The maximum atomic E-state index is 14.2. The van der Waals surface area contributed by atoms with E-state index < -0.39 is 89.8 Å². The number of aliphatic hydroxyl groups is 1. The van der Waals surface area contributed by atoms with Crippen LogP contribution >= 0.6 is 0 Å². The Morgan fingerprint density at radius 3 is 0.929 bits per heavy atom. The summed E-state index contributed by atoms with van der Waals surface area (Å²) in [5.41, 5.74) is 61.1. The average Bonchev–Trinajstić information content (AvgIpc) is 3.28. The number of carbonyl (C=O) groups is 7.